The van der Waals surface area contributed by atoms with Crippen LogP contribution in [0.5, 0.6) is 5.88 Å². The lowest BCUT2D eigenvalue weighted by Crippen LogP contribution is -2.14. The average molecular weight is 222 g/mol. The fourth-order valence-electron chi connectivity index (χ4n) is 1.74. The maximum Gasteiger partial charge on any atom is 0.225 e. The van der Waals surface area contributed by atoms with Gasteiger partial charge in [-0.1, -0.05) is 6.92 Å². The van der Waals surface area contributed by atoms with E-state index >= 15 is 0 Å². The molecule has 2 rings (SSSR count). The molecule has 1 aromatic rings. The van der Waals surface area contributed by atoms with Gasteiger partial charge >= 0.3 is 0 Å². The van der Waals surface area contributed by atoms with E-state index in [0.717, 1.165) is 18.3 Å². The lowest BCUT2D eigenvalue weighted by Gasteiger charge is -2.12. The van der Waals surface area contributed by atoms with E-state index in [2.05, 4.69) is 22.2 Å². The van der Waals surface area contributed by atoms with Gasteiger partial charge in [-0.3, -0.25) is 0 Å². The van der Waals surface area contributed by atoms with Crippen molar-refractivity contribution in [2.45, 2.75) is 19.8 Å². The largest absolute Gasteiger partial charge is 0.481 e. The average Bonchev–Trinajstić information content (AvgIpc) is 3.08. The van der Waals surface area contributed by atoms with Crippen molar-refractivity contribution in [1.82, 2.24) is 9.97 Å². The number of aromatic nitrogens is 2. The van der Waals surface area contributed by atoms with E-state index < -0.39 is 0 Å². The van der Waals surface area contributed by atoms with Crippen molar-refractivity contribution >= 4 is 11.8 Å². The van der Waals surface area contributed by atoms with Gasteiger partial charge in [-0.2, -0.15) is 9.97 Å². The predicted molar refractivity (Wildman–Crippen MR) is 63.4 cm³/mol. The van der Waals surface area contributed by atoms with Gasteiger partial charge < -0.3 is 15.8 Å². The summed E-state index contributed by atoms with van der Waals surface area (Å²) in [6.07, 6.45) is 2.72. The molecular formula is C11H18N4O. The number of nitrogen functional groups attached to an aromatic ring is 1. The first kappa shape index (κ1) is 11.0. The second-order valence-corrected chi connectivity index (χ2v) is 4.35. The zero-order valence-corrected chi connectivity index (χ0v) is 9.73. The fraction of sp³-hybridized carbons (Fsp3) is 0.636. The summed E-state index contributed by atoms with van der Waals surface area (Å²) in [6, 6.07) is 1.76. The zero-order chi connectivity index (χ0) is 11.5. The van der Waals surface area contributed by atoms with Gasteiger partial charge in [0, 0.05) is 12.6 Å². The van der Waals surface area contributed by atoms with Crippen LogP contribution in [0, 0.1) is 11.8 Å². The maximum atomic E-state index is 5.57. The minimum atomic E-state index is 0.237. The van der Waals surface area contributed by atoms with Crippen molar-refractivity contribution in [3.8, 4) is 5.88 Å². The van der Waals surface area contributed by atoms with E-state index in [1.165, 1.54) is 12.8 Å². The molecule has 1 atom stereocenters. The van der Waals surface area contributed by atoms with Crippen LogP contribution in [0.1, 0.15) is 19.8 Å². The molecule has 1 heterocycles. The Labute approximate surface area is 95.4 Å². The Morgan fingerprint density at radius 3 is 2.94 bits per heavy atom. The summed E-state index contributed by atoms with van der Waals surface area (Å²) in [5.74, 6) is 3.03. The number of nitrogens with zero attached hydrogens (tertiary/aromatic N) is 2. The molecule has 0 bridgehead atoms. The molecule has 16 heavy (non-hydrogen) atoms. The van der Waals surface area contributed by atoms with Gasteiger partial charge in [0.25, 0.3) is 0 Å². The van der Waals surface area contributed by atoms with Gasteiger partial charge in [-0.25, -0.2) is 0 Å². The van der Waals surface area contributed by atoms with Crippen molar-refractivity contribution in [2.24, 2.45) is 11.8 Å². The number of nitrogens with two attached hydrogens (primary N) is 1. The summed E-state index contributed by atoms with van der Waals surface area (Å²) in [6.45, 7) is 3.18. The Morgan fingerprint density at radius 1 is 1.56 bits per heavy atom. The molecule has 1 saturated carbocycles. The topological polar surface area (TPSA) is 73.1 Å². The van der Waals surface area contributed by atoms with Gasteiger partial charge in [-0.05, 0) is 24.7 Å². The summed E-state index contributed by atoms with van der Waals surface area (Å²) < 4.78 is 5.03. The minimum absolute atomic E-state index is 0.237. The van der Waals surface area contributed by atoms with Crippen LogP contribution in [0.15, 0.2) is 6.07 Å². The van der Waals surface area contributed by atoms with E-state index in [1.807, 2.05) is 0 Å². The molecule has 5 nitrogen and oxygen atoms in total. The first-order valence-electron chi connectivity index (χ1n) is 5.61. The number of hydrogen-bond acceptors (Lipinski definition) is 5. The summed E-state index contributed by atoms with van der Waals surface area (Å²) >= 11 is 0. The second kappa shape index (κ2) is 4.55. The highest BCUT2D eigenvalue weighted by Gasteiger charge is 2.27. The second-order valence-electron chi connectivity index (χ2n) is 4.35. The smallest absolute Gasteiger partial charge is 0.225 e. The third-order valence-electron chi connectivity index (χ3n) is 2.96. The lowest BCUT2D eigenvalue weighted by molar-refractivity contribution is 0.398. The van der Waals surface area contributed by atoms with Crippen LogP contribution in [-0.2, 0) is 0 Å². The van der Waals surface area contributed by atoms with E-state index in [-0.39, 0.29) is 5.95 Å². The number of ether oxygens (including phenoxy) is 1. The molecule has 0 amide bonds. The zero-order valence-electron chi connectivity index (χ0n) is 9.73. The minimum Gasteiger partial charge on any atom is -0.481 e. The lowest BCUT2D eigenvalue weighted by atomic mass is 10.1. The SMILES string of the molecule is COc1cc(NCC(C)C2CC2)nc(N)n1. The molecule has 0 saturated heterocycles. The van der Waals surface area contributed by atoms with Crippen LogP contribution in [0.4, 0.5) is 11.8 Å². The normalized spacial score (nSPS) is 16.9. The molecule has 0 aliphatic heterocycles. The molecule has 1 aromatic heterocycles. The van der Waals surface area contributed by atoms with Crippen molar-refractivity contribution in [2.75, 3.05) is 24.7 Å². The Bertz CT molecular complexity index is 365. The Morgan fingerprint density at radius 2 is 2.31 bits per heavy atom. The molecule has 1 aliphatic carbocycles. The number of hydrogen-bond donors (Lipinski definition) is 2. The van der Waals surface area contributed by atoms with Crippen molar-refractivity contribution < 1.29 is 4.74 Å². The van der Waals surface area contributed by atoms with Gasteiger partial charge in [0.05, 0.1) is 7.11 Å². The van der Waals surface area contributed by atoms with Crippen LogP contribution >= 0.6 is 0 Å². The quantitative estimate of drug-likeness (QED) is 0.790. The van der Waals surface area contributed by atoms with Crippen LogP contribution in [0.25, 0.3) is 0 Å². The highest BCUT2D eigenvalue weighted by molar-refractivity contribution is 5.42. The number of anilines is 2. The number of methoxy groups -OCH3 is 1. The Kier molecular flexibility index (Phi) is 3.12. The molecule has 1 aliphatic rings. The molecule has 1 unspecified atom stereocenters. The van der Waals surface area contributed by atoms with Gasteiger partial charge in [0.1, 0.15) is 5.82 Å². The first-order valence-corrected chi connectivity index (χ1v) is 5.61. The molecular weight excluding hydrogens is 204 g/mol. The maximum absolute atomic E-state index is 5.57. The van der Waals surface area contributed by atoms with Crippen LogP contribution in [-0.4, -0.2) is 23.6 Å². The summed E-state index contributed by atoms with van der Waals surface area (Å²) in [4.78, 5) is 8.04. The summed E-state index contributed by atoms with van der Waals surface area (Å²) in [7, 11) is 1.57. The third kappa shape index (κ3) is 2.74. The standard InChI is InChI=1S/C11H18N4O/c1-7(8-3-4-8)6-13-9-5-10(16-2)15-11(12)14-9/h5,7-8H,3-4,6H2,1-2H3,(H3,12,13,14,15). The third-order valence-corrected chi connectivity index (χ3v) is 2.96. The first-order chi connectivity index (χ1) is 7.69. The molecule has 5 heteroatoms. The molecule has 3 N–H and O–H groups in total. The molecule has 0 radical (unpaired) electrons. The van der Waals surface area contributed by atoms with E-state index in [4.69, 9.17) is 10.5 Å². The molecule has 88 valence electrons. The van der Waals surface area contributed by atoms with Gasteiger partial charge in [-0.15, -0.1) is 0 Å². The van der Waals surface area contributed by atoms with Crippen molar-refractivity contribution in [1.29, 1.82) is 0 Å². The van der Waals surface area contributed by atoms with Crippen molar-refractivity contribution in [3.05, 3.63) is 6.07 Å². The van der Waals surface area contributed by atoms with Crippen LogP contribution < -0.4 is 15.8 Å². The van der Waals surface area contributed by atoms with Gasteiger partial charge in [0.15, 0.2) is 0 Å². The Hall–Kier alpha value is -1.52. The molecule has 1 fully saturated rings. The monoisotopic (exact) mass is 222 g/mol. The van der Waals surface area contributed by atoms with E-state index in [1.54, 1.807) is 13.2 Å². The fourth-order valence-corrected chi connectivity index (χ4v) is 1.74. The highest BCUT2D eigenvalue weighted by Crippen LogP contribution is 2.36. The summed E-state index contributed by atoms with van der Waals surface area (Å²) in [5.41, 5.74) is 5.57. The Balaban J connectivity index is 1.94. The van der Waals surface area contributed by atoms with E-state index in [9.17, 15) is 0 Å². The summed E-state index contributed by atoms with van der Waals surface area (Å²) in [5, 5.41) is 3.27. The predicted octanol–water partition coefficient (Wildman–Crippen LogP) is 1.53. The van der Waals surface area contributed by atoms with E-state index in [0.29, 0.717) is 11.8 Å². The van der Waals surface area contributed by atoms with Crippen molar-refractivity contribution in [3.63, 3.8) is 0 Å². The molecule has 0 aromatic carbocycles. The van der Waals surface area contributed by atoms with Crippen LogP contribution in [0.2, 0.25) is 0 Å². The van der Waals surface area contributed by atoms with Crippen LogP contribution in [0.3, 0.4) is 0 Å². The number of rotatable bonds is 5. The molecule has 0 spiro atoms. The highest BCUT2D eigenvalue weighted by atomic mass is 16.5. The van der Waals surface area contributed by atoms with Gasteiger partial charge in [0.2, 0.25) is 11.8 Å². The number of nitrogens with one attached hydrogen (secondary N) is 1.